The fourth-order valence-corrected chi connectivity index (χ4v) is 1.98. The number of fused-ring (bicyclic) bond motifs is 1. The van der Waals surface area contributed by atoms with Crippen LogP contribution in [0.5, 0.6) is 5.75 Å². The highest BCUT2D eigenvalue weighted by molar-refractivity contribution is 5.94. The van der Waals surface area contributed by atoms with E-state index in [1.165, 1.54) is 0 Å². The molecule has 0 spiro atoms. The summed E-state index contributed by atoms with van der Waals surface area (Å²) >= 11 is 0. The lowest BCUT2D eigenvalue weighted by Crippen LogP contribution is -2.29. The number of anilines is 2. The van der Waals surface area contributed by atoms with Gasteiger partial charge in [0, 0.05) is 12.2 Å². The number of likely N-dealkylation sites (N-methyl/N-ethyl adjacent to an activating group) is 1. The van der Waals surface area contributed by atoms with Gasteiger partial charge < -0.3 is 15.8 Å². The van der Waals surface area contributed by atoms with Crippen molar-refractivity contribution in [1.82, 2.24) is 4.90 Å². The fourth-order valence-electron chi connectivity index (χ4n) is 1.98. The normalized spacial score (nSPS) is 16.0. The van der Waals surface area contributed by atoms with Gasteiger partial charge >= 0.3 is 0 Å². The van der Waals surface area contributed by atoms with Crippen molar-refractivity contribution in [3.05, 3.63) is 17.7 Å². The molecule has 1 amide bonds. The number of carbonyl (C=O) groups is 1. The van der Waals surface area contributed by atoms with Crippen LogP contribution < -0.4 is 15.8 Å². The fraction of sp³-hybridized carbons (Fsp3) is 0.417. The van der Waals surface area contributed by atoms with Gasteiger partial charge in [-0.3, -0.25) is 9.69 Å². The van der Waals surface area contributed by atoms with Gasteiger partial charge in [-0.25, -0.2) is 0 Å². The zero-order chi connectivity index (χ0) is 12.4. The van der Waals surface area contributed by atoms with Crippen LogP contribution >= 0.6 is 0 Å². The van der Waals surface area contributed by atoms with E-state index < -0.39 is 0 Å². The van der Waals surface area contributed by atoms with Gasteiger partial charge in [0.1, 0.15) is 5.75 Å². The monoisotopic (exact) mass is 235 g/mol. The lowest BCUT2D eigenvalue weighted by Gasteiger charge is -2.16. The Labute approximate surface area is 101 Å². The smallest absolute Gasteiger partial charge is 0.238 e. The lowest BCUT2D eigenvalue weighted by atomic mass is 10.1. The minimum atomic E-state index is -0.00448. The minimum absolute atomic E-state index is 0.00448. The Morgan fingerprint density at radius 1 is 1.47 bits per heavy atom. The number of methoxy groups -OCH3 is 1. The second-order valence-electron chi connectivity index (χ2n) is 4.10. The van der Waals surface area contributed by atoms with Crippen LogP contribution in [0.3, 0.4) is 0 Å². The Hall–Kier alpha value is -1.75. The third-order valence-electron chi connectivity index (χ3n) is 2.94. The van der Waals surface area contributed by atoms with Gasteiger partial charge in [-0.2, -0.15) is 0 Å². The third kappa shape index (κ3) is 2.34. The molecule has 0 fully saturated rings. The molecule has 0 bridgehead atoms. The number of amides is 1. The van der Waals surface area contributed by atoms with E-state index in [2.05, 4.69) is 10.2 Å². The third-order valence-corrected chi connectivity index (χ3v) is 2.94. The summed E-state index contributed by atoms with van der Waals surface area (Å²) in [4.78, 5) is 13.7. The average Bonchev–Trinajstić information content (AvgIpc) is 2.45. The molecular weight excluding hydrogens is 218 g/mol. The van der Waals surface area contributed by atoms with E-state index in [0.29, 0.717) is 18.0 Å². The molecule has 0 saturated carbocycles. The standard InChI is InChI=1S/C12H17N3O2/c1-3-15-6-8-4-11(17-2)9(13)5-10(8)14-12(16)7-15/h4-5H,3,6-7,13H2,1-2H3,(H,14,16). The summed E-state index contributed by atoms with van der Waals surface area (Å²) in [6, 6.07) is 3.64. The van der Waals surface area contributed by atoms with Crippen molar-refractivity contribution in [2.45, 2.75) is 13.5 Å². The van der Waals surface area contributed by atoms with Gasteiger partial charge in [0.15, 0.2) is 0 Å². The predicted octanol–water partition coefficient (Wildman–Crippen LogP) is 1.05. The largest absolute Gasteiger partial charge is 0.495 e. The van der Waals surface area contributed by atoms with Gasteiger partial charge in [0.05, 0.1) is 19.3 Å². The number of hydrogen-bond acceptors (Lipinski definition) is 4. The Morgan fingerprint density at radius 3 is 2.88 bits per heavy atom. The van der Waals surface area contributed by atoms with Crippen molar-refractivity contribution in [2.75, 3.05) is 31.2 Å². The first kappa shape index (κ1) is 11.7. The highest BCUT2D eigenvalue weighted by Gasteiger charge is 2.19. The van der Waals surface area contributed by atoms with E-state index in [1.807, 2.05) is 13.0 Å². The van der Waals surface area contributed by atoms with Crippen molar-refractivity contribution in [3.8, 4) is 5.75 Å². The molecule has 5 heteroatoms. The Bertz CT molecular complexity index is 446. The van der Waals surface area contributed by atoms with Gasteiger partial charge in [0.2, 0.25) is 5.91 Å². The maximum atomic E-state index is 11.7. The van der Waals surface area contributed by atoms with Crippen molar-refractivity contribution in [2.24, 2.45) is 0 Å². The molecule has 0 radical (unpaired) electrons. The molecule has 92 valence electrons. The van der Waals surface area contributed by atoms with E-state index in [1.54, 1.807) is 13.2 Å². The molecule has 1 aliphatic heterocycles. The molecule has 0 aromatic heterocycles. The van der Waals surface area contributed by atoms with Gasteiger partial charge in [0.25, 0.3) is 0 Å². The van der Waals surface area contributed by atoms with Crippen LogP contribution in [0.1, 0.15) is 12.5 Å². The molecule has 17 heavy (non-hydrogen) atoms. The van der Waals surface area contributed by atoms with Crippen molar-refractivity contribution >= 4 is 17.3 Å². The summed E-state index contributed by atoms with van der Waals surface area (Å²) in [5, 5.41) is 2.86. The maximum Gasteiger partial charge on any atom is 0.238 e. The molecule has 3 N–H and O–H groups in total. The minimum Gasteiger partial charge on any atom is -0.495 e. The second kappa shape index (κ2) is 4.63. The first-order valence-corrected chi connectivity index (χ1v) is 5.62. The number of nitrogen functional groups attached to an aromatic ring is 1. The van der Waals surface area contributed by atoms with Crippen LogP contribution in [0.2, 0.25) is 0 Å². The quantitative estimate of drug-likeness (QED) is 0.752. The molecule has 5 nitrogen and oxygen atoms in total. The first-order valence-electron chi connectivity index (χ1n) is 5.62. The topological polar surface area (TPSA) is 67.6 Å². The lowest BCUT2D eigenvalue weighted by molar-refractivity contribution is -0.117. The van der Waals surface area contributed by atoms with E-state index in [0.717, 1.165) is 24.3 Å². The molecule has 1 aromatic carbocycles. The Kier molecular flexibility index (Phi) is 3.19. The van der Waals surface area contributed by atoms with E-state index >= 15 is 0 Å². The zero-order valence-electron chi connectivity index (χ0n) is 10.1. The highest BCUT2D eigenvalue weighted by Crippen LogP contribution is 2.31. The number of nitrogens with two attached hydrogens (primary N) is 1. The molecule has 1 aromatic rings. The number of carbonyl (C=O) groups excluding carboxylic acids is 1. The number of benzene rings is 1. The Balaban J connectivity index is 2.42. The van der Waals surface area contributed by atoms with E-state index in [4.69, 9.17) is 10.5 Å². The van der Waals surface area contributed by atoms with Gasteiger partial charge in [-0.05, 0) is 24.2 Å². The molecule has 2 rings (SSSR count). The molecular formula is C12H17N3O2. The first-order chi connectivity index (χ1) is 8.13. The van der Waals surface area contributed by atoms with Crippen LogP contribution in [0.4, 0.5) is 11.4 Å². The molecule has 0 unspecified atom stereocenters. The number of rotatable bonds is 2. The zero-order valence-corrected chi connectivity index (χ0v) is 10.1. The van der Waals surface area contributed by atoms with Crippen molar-refractivity contribution in [1.29, 1.82) is 0 Å². The van der Waals surface area contributed by atoms with Crippen molar-refractivity contribution in [3.63, 3.8) is 0 Å². The Morgan fingerprint density at radius 2 is 2.24 bits per heavy atom. The van der Waals surface area contributed by atoms with Crippen molar-refractivity contribution < 1.29 is 9.53 Å². The SMILES string of the molecule is CCN1CC(=O)Nc2cc(N)c(OC)cc2C1. The number of nitrogens with zero attached hydrogens (tertiary/aromatic N) is 1. The molecule has 0 aliphatic carbocycles. The molecule has 1 aliphatic rings. The predicted molar refractivity (Wildman–Crippen MR) is 67.0 cm³/mol. The molecule has 1 heterocycles. The van der Waals surface area contributed by atoms with Crippen LogP contribution in [0.25, 0.3) is 0 Å². The van der Waals surface area contributed by atoms with E-state index in [9.17, 15) is 4.79 Å². The summed E-state index contributed by atoms with van der Waals surface area (Å²) in [6.07, 6.45) is 0. The van der Waals surface area contributed by atoms with Crippen LogP contribution in [0.15, 0.2) is 12.1 Å². The average molecular weight is 235 g/mol. The molecule has 0 saturated heterocycles. The van der Waals surface area contributed by atoms with Crippen LogP contribution in [-0.4, -0.2) is 31.0 Å². The summed E-state index contributed by atoms with van der Waals surface area (Å²) < 4.78 is 5.19. The summed E-state index contributed by atoms with van der Waals surface area (Å²) in [7, 11) is 1.59. The number of nitrogens with one attached hydrogen (secondary N) is 1. The van der Waals surface area contributed by atoms with Crippen LogP contribution in [-0.2, 0) is 11.3 Å². The number of hydrogen-bond donors (Lipinski definition) is 2. The second-order valence-corrected chi connectivity index (χ2v) is 4.10. The van der Waals surface area contributed by atoms with Gasteiger partial charge in [-0.1, -0.05) is 6.92 Å². The molecule has 0 atom stereocenters. The number of ether oxygens (including phenoxy) is 1. The summed E-state index contributed by atoms with van der Waals surface area (Å²) in [5.41, 5.74) is 8.18. The van der Waals surface area contributed by atoms with Crippen LogP contribution in [0, 0.1) is 0 Å². The highest BCUT2D eigenvalue weighted by atomic mass is 16.5. The maximum absolute atomic E-state index is 11.7. The summed E-state index contributed by atoms with van der Waals surface area (Å²) in [5.74, 6) is 0.645. The van der Waals surface area contributed by atoms with E-state index in [-0.39, 0.29) is 5.91 Å². The van der Waals surface area contributed by atoms with Gasteiger partial charge in [-0.15, -0.1) is 0 Å². The summed E-state index contributed by atoms with van der Waals surface area (Å²) in [6.45, 7) is 4.00.